The van der Waals surface area contributed by atoms with Gasteiger partial charge in [-0.3, -0.25) is 0 Å². The molecule has 0 aliphatic heterocycles. The Morgan fingerprint density at radius 1 is 0.846 bits per heavy atom. The summed E-state index contributed by atoms with van der Waals surface area (Å²) in [7, 11) is 0.750. The van der Waals surface area contributed by atoms with Crippen LogP contribution in [0.25, 0.3) is 21.9 Å². The van der Waals surface area contributed by atoms with Crippen LogP contribution in [0.2, 0.25) is 13.1 Å². The molecule has 26 heavy (non-hydrogen) atoms. The number of allylic oxidation sites excluding steroid dienone is 4. The van der Waals surface area contributed by atoms with Crippen molar-refractivity contribution in [2.24, 2.45) is 0 Å². The maximum Gasteiger partial charge on any atom is 0.0213 e. The molecule has 3 rings (SSSR count). The molecular formula is C24H30SiTi-. The normalized spacial score (nSPS) is 10.0. The Morgan fingerprint density at radius 2 is 1.42 bits per heavy atom. The summed E-state index contributed by atoms with van der Waals surface area (Å²) in [5.74, 6) is 0. The molecule has 0 N–H and O–H groups in total. The monoisotopic (exact) mass is 394 g/mol. The molecule has 0 saturated carbocycles. The summed E-state index contributed by atoms with van der Waals surface area (Å²) >= 11 is 0. The van der Waals surface area contributed by atoms with Gasteiger partial charge >= 0.3 is 0 Å². The molecule has 0 amide bonds. The van der Waals surface area contributed by atoms with Crippen LogP contribution >= 0.6 is 0 Å². The van der Waals surface area contributed by atoms with Crippen molar-refractivity contribution in [2.75, 3.05) is 0 Å². The summed E-state index contributed by atoms with van der Waals surface area (Å²) in [5.41, 5.74) is 3.95. The van der Waals surface area contributed by atoms with Crippen molar-refractivity contribution in [3.63, 3.8) is 0 Å². The van der Waals surface area contributed by atoms with E-state index in [1.54, 1.807) is 0 Å². The van der Waals surface area contributed by atoms with E-state index in [4.69, 9.17) is 0 Å². The van der Waals surface area contributed by atoms with Crippen molar-refractivity contribution in [2.45, 2.75) is 33.9 Å². The minimum Gasteiger partial charge on any atom is -0.165 e. The molecule has 0 aliphatic rings. The third-order valence-electron chi connectivity index (χ3n) is 3.48. The van der Waals surface area contributed by atoms with E-state index in [9.17, 15) is 0 Å². The summed E-state index contributed by atoms with van der Waals surface area (Å²) < 4.78 is 0. The second-order valence-electron chi connectivity index (χ2n) is 5.84. The van der Waals surface area contributed by atoms with Crippen molar-refractivity contribution in [1.29, 1.82) is 0 Å². The van der Waals surface area contributed by atoms with Crippen LogP contribution in [0.15, 0.2) is 85.0 Å². The first-order valence-electron chi connectivity index (χ1n) is 8.87. The van der Waals surface area contributed by atoms with Gasteiger partial charge in [0.15, 0.2) is 0 Å². The van der Waals surface area contributed by atoms with E-state index in [0.29, 0.717) is 0 Å². The fourth-order valence-corrected chi connectivity index (χ4v) is 2.48. The van der Waals surface area contributed by atoms with Crippen molar-refractivity contribution < 1.29 is 21.7 Å². The molecule has 0 unspecified atom stereocenters. The fourth-order valence-electron chi connectivity index (χ4n) is 2.48. The van der Waals surface area contributed by atoms with Crippen LogP contribution in [0.1, 0.15) is 19.4 Å². The average Bonchev–Trinajstić information content (AvgIpc) is 3.02. The Morgan fingerprint density at radius 3 is 1.96 bits per heavy atom. The van der Waals surface area contributed by atoms with Gasteiger partial charge in [-0.2, -0.15) is 6.07 Å². The number of hydrogen-bond donors (Lipinski definition) is 0. The zero-order valence-corrected chi connectivity index (χ0v) is 19.4. The topological polar surface area (TPSA) is 0 Å². The van der Waals surface area contributed by atoms with E-state index < -0.39 is 0 Å². The Kier molecular flexibility index (Phi) is 13.7. The fraction of sp³-hybridized carbons (Fsp3) is 0.208. The molecule has 0 fully saturated rings. The van der Waals surface area contributed by atoms with Crippen LogP contribution in [-0.4, -0.2) is 9.52 Å². The summed E-state index contributed by atoms with van der Waals surface area (Å²) in [5, 5.41) is 2.69. The molecule has 2 heteroatoms. The van der Waals surface area contributed by atoms with E-state index in [2.05, 4.69) is 80.7 Å². The minimum atomic E-state index is 0. The Labute approximate surface area is 177 Å². The molecule has 0 atom stereocenters. The standard InChI is InChI=1S/C16H13.C6H10.C2H7Si.Ti/c1-12-10-14-8-5-9-15(16(14)11-12)13-6-3-2-4-7-13;1-3-5-6-4-2;1-3-2;/h2-11H,1H3;3-6H,1-2H3;3H,1-2H3;/q-1;;;. The third kappa shape index (κ3) is 8.23. The van der Waals surface area contributed by atoms with Crippen LogP contribution in [-0.2, 0) is 21.7 Å². The van der Waals surface area contributed by atoms with Crippen LogP contribution in [0.3, 0.4) is 0 Å². The van der Waals surface area contributed by atoms with Gasteiger partial charge in [-0.15, -0.1) is 34.5 Å². The molecule has 0 spiro atoms. The molecular weight excluding hydrogens is 364 g/mol. The maximum absolute atomic E-state index is 2.26. The Balaban J connectivity index is 0.000000534. The van der Waals surface area contributed by atoms with Crippen molar-refractivity contribution in [1.82, 2.24) is 0 Å². The van der Waals surface area contributed by atoms with E-state index in [-0.39, 0.29) is 21.7 Å². The molecule has 135 valence electrons. The van der Waals surface area contributed by atoms with Gasteiger partial charge in [0, 0.05) is 31.2 Å². The van der Waals surface area contributed by atoms with Crippen LogP contribution < -0.4 is 0 Å². The second-order valence-corrected chi connectivity index (χ2v) is 6.99. The van der Waals surface area contributed by atoms with Gasteiger partial charge < -0.3 is 0 Å². The third-order valence-corrected chi connectivity index (χ3v) is 3.48. The zero-order valence-electron chi connectivity index (χ0n) is 16.7. The minimum absolute atomic E-state index is 0. The average molecular weight is 394 g/mol. The number of benzene rings is 2. The summed E-state index contributed by atoms with van der Waals surface area (Å²) in [6.07, 6.45) is 8.00. The van der Waals surface area contributed by atoms with Crippen LogP contribution in [0, 0.1) is 6.92 Å². The molecule has 0 nitrogen and oxygen atoms in total. The predicted molar refractivity (Wildman–Crippen MR) is 118 cm³/mol. The van der Waals surface area contributed by atoms with E-state index in [1.807, 2.05) is 38.2 Å². The van der Waals surface area contributed by atoms with Crippen LogP contribution in [0.4, 0.5) is 0 Å². The smallest absolute Gasteiger partial charge is 0.0213 e. The molecule has 0 aromatic heterocycles. The van der Waals surface area contributed by atoms with E-state index in [1.165, 1.54) is 27.5 Å². The molecule has 0 heterocycles. The molecule has 0 saturated heterocycles. The van der Waals surface area contributed by atoms with Gasteiger partial charge in [-0.1, -0.05) is 86.3 Å². The number of aryl methyl sites for hydroxylation is 1. The van der Waals surface area contributed by atoms with Gasteiger partial charge in [0.05, 0.1) is 0 Å². The van der Waals surface area contributed by atoms with Gasteiger partial charge in [0.25, 0.3) is 0 Å². The quantitative estimate of drug-likeness (QED) is 0.245. The van der Waals surface area contributed by atoms with Gasteiger partial charge in [-0.25, -0.2) is 0 Å². The maximum atomic E-state index is 2.26. The van der Waals surface area contributed by atoms with Gasteiger partial charge in [-0.05, 0) is 19.4 Å². The van der Waals surface area contributed by atoms with Crippen LogP contribution in [0.5, 0.6) is 0 Å². The molecule has 0 bridgehead atoms. The number of rotatable bonds is 2. The predicted octanol–water partition coefficient (Wildman–Crippen LogP) is 7.19. The SMILES string of the molecule is CC=CC=CC.C[SiH]C.Cc1cc2c(-c3ccccc3)cccc2[cH-]1.[Ti]. The van der Waals surface area contributed by atoms with Crippen molar-refractivity contribution in [3.8, 4) is 11.1 Å². The first-order chi connectivity index (χ1) is 12.2. The first-order valence-corrected chi connectivity index (χ1v) is 11.2. The van der Waals surface area contributed by atoms with Gasteiger partial charge in [0.1, 0.15) is 0 Å². The number of fused-ring (bicyclic) bond motifs is 1. The summed E-state index contributed by atoms with van der Waals surface area (Å²) in [6, 6.07) is 21.6. The van der Waals surface area contributed by atoms with Crippen molar-refractivity contribution in [3.05, 3.63) is 90.5 Å². The second kappa shape index (κ2) is 14.6. The van der Waals surface area contributed by atoms with Crippen molar-refractivity contribution >= 4 is 20.3 Å². The molecule has 3 aromatic rings. The Bertz CT molecular complexity index is 772. The molecule has 1 radical (unpaired) electrons. The summed E-state index contributed by atoms with van der Waals surface area (Å²) in [6.45, 7) is 10.6. The van der Waals surface area contributed by atoms with Gasteiger partial charge in [0.2, 0.25) is 0 Å². The van der Waals surface area contributed by atoms with E-state index in [0.717, 1.165) is 9.52 Å². The largest absolute Gasteiger partial charge is 0.165 e. The number of hydrogen-bond acceptors (Lipinski definition) is 0. The summed E-state index contributed by atoms with van der Waals surface area (Å²) in [4.78, 5) is 0. The zero-order chi connectivity index (χ0) is 18.5. The Hall–Kier alpha value is -1.54. The molecule has 3 aromatic carbocycles. The molecule has 0 aliphatic carbocycles. The first kappa shape index (κ1) is 24.5. The van der Waals surface area contributed by atoms with E-state index >= 15 is 0 Å².